The number of aryl methyl sites for hydroxylation is 3. The van der Waals surface area contributed by atoms with Crippen LogP contribution < -0.4 is 16.6 Å². The van der Waals surface area contributed by atoms with Gasteiger partial charge in [-0.1, -0.05) is 43.3 Å². The molecular weight excluding hydrogens is 450 g/mol. The van der Waals surface area contributed by atoms with Crippen LogP contribution in [0.3, 0.4) is 0 Å². The summed E-state index contributed by atoms with van der Waals surface area (Å²) < 4.78 is 2.55. The summed E-state index contributed by atoms with van der Waals surface area (Å²) in [4.78, 5) is 47.0. The summed E-state index contributed by atoms with van der Waals surface area (Å²) in [6.07, 6.45) is 0. The van der Waals surface area contributed by atoms with Crippen LogP contribution in [-0.2, 0) is 18.4 Å². The molecule has 3 aromatic rings. The van der Waals surface area contributed by atoms with E-state index in [-0.39, 0.29) is 23.0 Å². The number of benzene rings is 1. The third-order valence-electron chi connectivity index (χ3n) is 4.84. The van der Waals surface area contributed by atoms with Gasteiger partial charge in [-0.25, -0.2) is 14.8 Å². The van der Waals surface area contributed by atoms with Crippen molar-refractivity contribution in [3.63, 3.8) is 0 Å². The van der Waals surface area contributed by atoms with Gasteiger partial charge in [0.05, 0.1) is 16.5 Å². The predicted molar refractivity (Wildman–Crippen MR) is 129 cm³/mol. The Bertz CT molecular complexity index is 1310. The fourth-order valence-electron chi connectivity index (χ4n) is 3.46. The maximum absolute atomic E-state index is 12.9. The van der Waals surface area contributed by atoms with E-state index in [1.807, 2.05) is 33.8 Å². The highest BCUT2D eigenvalue weighted by Gasteiger charge is 2.19. The summed E-state index contributed by atoms with van der Waals surface area (Å²) in [6.45, 7) is 9.88. The Balaban J connectivity index is 1.98. The molecule has 0 saturated carbocycles. The molecule has 0 saturated heterocycles. The van der Waals surface area contributed by atoms with Crippen molar-refractivity contribution >= 4 is 46.0 Å². The normalized spacial score (nSPS) is 11.4. The number of fused-ring (bicyclic) bond motifs is 1. The fourth-order valence-corrected chi connectivity index (χ4v) is 4.69. The molecule has 32 heavy (non-hydrogen) atoms. The van der Waals surface area contributed by atoms with Crippen molar-refractivity contribution in [3.8, 4) is 0 Å². The second-order valence-electron chi connectivity index (χ2n) is 8.20. The monoisotopic (exact) mass is 475 g/mol. The second-order valence-corrected chi connectivity index (χ2v) is 9.57. The quantitative estimate of drug-likeness (QED) is 0.433. The van der Waals surface area contributed by atoms with E-state index in [1.165, 1.54) is 11.6 Å². The minimum absolute atomic E-state index is 0.0155. The summed E-state index contributed by atoms with van der Waals surface area (Å²) in [5, 5.41) is 3.91. The first-order chi connectivity index (χ1) is 15.0. The predicted octanol–water partition coefficient (Wildman–Crippen LogP) is 3.46. The van der Waals surface area contributed by atoms with Crippen LogP contribution in [0.1, 0.15) is 30.8 Å². The molecule has 2 aromatic heterocycles. The molecule has 3 rings (SSSR count). The minimum Gasteiger partial charge on any atom is -0.324 e. The summed E-state index contributed by atoms with van der Waals surface area (Å²) in [5.41, 5.74) is 1.82. The smallest absolute Gasteiger partial charge is 0.324 e. The van der Waals surface area contributed by atoms with Crippen molar-refractivity contribution in [2.75, 3.05) is 11.1 Å². The first-order valence-corrected chi connectivity index (χ1v) is 11.5. The van der Waals surface area contributed by atoms with Crippen LogP contribution >= 0.6 is 23.4 Å². The molecular formula is C22H26ClN5O3S. The summed E-state index contributed by atoms with van der Waals surface area (Å²) in [5.74, 6) is 0.332. The summed E-state index contributed by atoms with van der Waals surface area (Å²) in [7, 11) is 1.43. The lowest BCUT2D eigenvalue weighted by atomic mass is 10.1. The number of nitrogens with zero attached hydrogens (tertiary/aromatic N) is 4. The third kappa shape index (κ3) is 4.88. The Hall–Kier alpha value is -2.65. The maximum Gasteiger partial charge on any atom is 0.332 e. The molecule has 170 valence electrons. The Morgan fingerprint density at radius 2 is 1.88 bits per heavy atom. The van der Waals surface area contributed by atoms with Crippen LogP contribution in [-0.4, -0.2) is 30.8 Å². The zero-order valence-electron chi connectivity index (χ0n) is 18.9. The number of hydrogen-bond donors (Lipinski definition) is 1. The molecule has 1 aromatic carbocycles. The van der Waals surface area contributed by atoms with Crippen LogP contribution in [0.4, 0.5) is 5.69 Å². The molecule has 1 N–H and O–H groups in total. The zero-order chi connectivity index (χ0) is 23.7. The first-order valence-electron chi connectivity index (χ1n) is 10.2. The van der Waals surface area contributed by atoms with E-state index in [2.05, 4.69) is 15.3 Å². The van der Waals surface area contributed by atoms with Crippen LogP contribution in [0.5, 0.6) is 0 Å². The zero-order valence-corrected chi connectivity index (χ0v) is 20.5. The number of thioether (sulfide) groups is 1. The molecule has 0 aliphatic rings. The van der Waals surface area contributed by atoms with Crippen LogP contribution in [0.2, 0.25) is 5.02 Å². The van der Waals surface area contributed by atoms with Gasteiger partial charge in [-0.05, 0) is 43.9 Å². The van der Waals surface area contributed by atoms with Crippen molar-refractivity contribution in [1.29, 1.82) is 0 Å². The first kappa shape index (κ1) is 24.0. The Kier molecular flexibility index (Phi) is 7.09. The van der Waals surface area contributed by atoms with E-state index in [9.17, 15) is 14.4 Å². The second kappa shape index (κ2) is 9.46. The van der Waals surface area contributed by atoms with Crippen LogP contribution in [0.25, 0.3) is 11.0 Å². The average molecular weight is 476 g/mol. The third-order valence-corrected chi connectivity index (χ3v) is 6.12. The molecule has 0 bridgehead atoms. The standard InChI is InChI=1S/C22H26ClN5O3S/c1-11(2)9-28-19-17(21(30)27(6)22(28)31)20(25-14(5)24-19)32-10-16(29)26-18-13(4)7-12(3)8-15(18)23/h7-8,11H,9-10H2,1-6H3,(H,26,29). The number of amides is 1. The van der Waals surface area contributed by atoms with Crippen molar-refractivity contribution in [2.45, 2.75) is 46.2 Å². The van der Waals surface area contributed by atoms with E-state index in [0.717, 1.165) is 27.5 Å². The van der Waals surface area contributed by atoms with E-state index >= 15 is 0 Å². The van der Waals surface area contributed by atoms with Gasteiger partial charge in [0.1, 0.15) is 16.2 Å². The molecule has 10 heteroatoms. The van der Waals surface area contributed by atoms with Crippen molar-refractivity contribution < 1.29 is 4.79 Å². The van der Waals surface area contributed by atoms with Gasteiger partial charge in [0.2, 0.25) is 5.91 Å². The summed E-state index contributed by atoms with van der Waals surface area (Å²) in [6, 6.07) is 3.73. The fraction of sp³-hybridized carbons (Fsp3) is 0.409. The lowest BCUT2D eigenvalue weighted by molar-refractivity contribution is -0.113. The molecule has 0 fully saturated rings. The Morgan fingerprint density at radius 1 is 1.19 bits per heavy atom. The van der Waals surface area contributed by atoms with Gasteiger partial charge in [0.15, 0.2) is 5.65 Å². The van der Waals surface area contributed by atoms with Gasteiger partial charge in [-0.15, -0.1) is 0 Å². The van der Waals surface area contributed by atoms with Gasteiger partial charge in [-0.3, -0.25) is 18.7 Å². The molecule has 2 heterocycles. The molecule has 0 spiro atoms. The van der Waals surface area contributed by atoms with Gasteiger partial charge in [0.25, 0.3) is 5.56 Å². The number of aromatic nitrogens is 4. The SMILES string of the molecule is Cc1cc(C)c(NC(=O)CSc2nc(C)nc3c2c(=O)n(C)c(=O)n3CC(C)C)c(Cl)c1. The largest absolute Gasteiger partial charge is 0.332 e. The van der Waals surface area contributed by atoms with Gasteiger partial charge in [0, 0.05) is 13.6 Å². The highest BCUT2D eigenvalue weighted by molar-refractivity contribution is 8.00. The number of hydrogen-bond acceptors (Lipinski definition) is 6. The Morgan fingerprint density at radius 3 is 2.50 bits per heavy atom. The minimum atomic E-state index is -0.481. The molecule has 0 aliphatic carbocycles. The van der Waals surface area contributed by atoms with Crippen molar-refractivity contribution in [2.24, 2.45) is 13.0 Å². The number of carbonyl (C=O) groups is 1. The van der Waals surface area contributed by atoms with Crippen LogP contribution in [0, 0.1) is 26.7 Å². The van der Waals surface area contributed by atoms with Crippen molar-refractivity contribution in [3.05, 3.63) is 54.9 Å². The maximum atomic E-state index is 12.9. The van der Waals surface area contributed by atoms with Gasteiger partial charge >= 0.3 is 5.69 Å². The number of anilines is 1. The average Bonchev–Trinajstić information content (AvgIpc) is 2.70. The lowest BCUT2D eigenvalue weighted by Crippen LogP contribution is -2.39. The van der Waals surface area contributed by atoms with E-state index in [0.29, 0.717) is 33.8 Å². The van der Waals surface area contributed by atoms with Crippen LogP contribution in [0.15, 0.2) is 26.7 Å². The molecule has 0 aliphatic heterocycles. The number of halogens is 1. The molecule has 1 amide bonds. The number of nitrogens with one attached hydrogen (secondary N) is 1. The Labute approximate surface area is 195 Å². The molecule has 0 unspecified atom stereocenters. The van der Waals surface area contributed by atoms with Crippen molar-refractivity contribution in [1.82, 2.24) is 19.1 Å². The summed E-state index contributed by atoms with van der Waals surface area (Å²) >= 11 is 7.42. The topological polar surface area (TPSA) is 98.9 Å². The van der Waals surface area contributed by atoms with E-state index in [4.69, 9.17) is 11.6 Å². The lowest BCUT2D eigenvalue weighted by Gasteiger charge is -2.15. The molecule has 0 atom stereocenters. The highest BCUT2D eigenvalue weighted by atomic mass is 35.5. The molecule has 0 radical (unpaired) electrons. The van der Waals surface area contributed by atoms with Gasteiger partial charge in [-0.2, -0.15) is 0 Å². The number of carbonyl (C=O) groups excluding carboxylic acids is 1. The van der Waals surface area contributed by atoms with E-state index < -0.39 is 11.2 Å². The van der Waals surface area contributed by atoms with E-state index in [1.54, 1.807) is 13.0 Å². The number of rotatable bonds is 6. The van der Waals surface area contributed by atoms with Gasteiger partial charge < -0.3 is 5.32 Å². The molecule has 8 nitrogen and oxygen atoms in total. The highest BCUT2D eigenvalue weighted by Crippen LogP contribution is 2.28.